The largest absolute Gasteiger partial charge is 0.338 e. The predicted molar refractivity (Wildman–Crippen MR) is 92.9 cm³/mol. The lowest BCUT2D eigenvalue weighted by molar-refractivity contribution is -0.132. The van der Waals surface area contributed by atoms with Gasteiger partial charge in [0, 0.05) is 24.5 Å². The first-order valence-corrected chi connectivity index (χ1v) is 8.61. The SMILES string of the molecule is CCN(Cc1cccc(F)c1)C(=O)CN(C)Cc1sccc1C. The third-order valence-electron chi connectivity index (χ3n) is 3.78. The Bertz CT molecular complexity index is 656. The number of amides is 1. The molecular weight excluding hydrogens is 311 g/mol. The maximum atomic E-state index is 13.3. The first kappa shape index (κ1) is 17.6. The molecule has 0 aliphatic heterocycles. The Kier molecular flexibility index (Phi) is 6.30. The molecule has 0 N–H and O–H groups in total. The normalized spacial score (nSPS) is 11.0. The Morgan fingerprint density at radius 1 is 1.26 bits per heavy atom. The van der Waals surface area contributed by atoms with Gasteiger partial charge in [-0.2, -0.15) is 0 Å². The molecule has 3 nitrogen and oxygen atoms in total. The van der Waals surface area contributed by atoms with Gasteiger partial charge in [-0.25, -0.2) is 4.39 Å². The van der Waals surface area contributed by atoms with Crippen molar-refractivity contribution in [1.82, 2.24) is 9.80 Å². The second-order valence-corrected chi connectivity index (χ2v) is 6.74. The molecule has 0 atom stereocenters. The molecule has 5 heteroatoms. The highest BCUT2D eigenvalue weighted by Gasteiger charge is 2.15. The molecular formula is C18H23FN2OS. The van der Waals surface area contributed by atoms with E-state index in [0.717, 1.165) is 12.1 Å². The van der Waals surface area contributed by atoms with E-state index in [0.29, 0.717) is 19.6 Å². The van der Waals surface area contributed by atoms with Crippen molar-refractivity contribution >= 4 is 17.2 Å². The Balaban J connectivity index is 1.93. The molecule has 23 heavy (non-hydrogen) atoms. The molecule has 0 bridgehead atoms. The van der Waals surface area contributed by atoms with Gasteiger partial charge < -0.3 is 4.90 Å². The minimum absolute atomic E-state index is 0.0634. The van der Waals surface area contributed by atoms with Crippen LogP contribution in [0.2, 0.25) is 0 Å². The second kappa shape index (κ2) is 8.22. The van der Waals surface area contributed by atoms with Gasteiger partial charge in [-0.1, -0.05) is 12.1 Å². The van der Waals surface area contributed by atoms with Crippen LogP contribution in [0.4, 0.5) is 4.39 Å². The predicted octanol–water partition coefficient (Wildman–Crippen LogP) is 3.68. The number of halogens is 1. The molecule has 0 aliphatic carbocycles. The summed E-state index contributed by atoms with van der Waals surface area (Å²) in [6.45, 7) is 6.22. The van der Waals surface area contributed by atoms with E-state index in [9.17, 15) is 9.18 Å². The van der Waals surface area contributed by atoms with Crippen molar-refractivity contribution < 1.29 is 9.18 Å². The summed E-state index contributed by atoms with van der Waals surface area (Å²) >= 11 is 1.72. The molecule has 1 heterocycles. The van der Waals surface area contributed by atoms with Gasteiger partial charge in [0.25, 0.3) is 0 Å². The van der Waals surface area contributed by atoms with Crippen molar-refractivity contribution in [2.45, 2.75) is 26.9 Å². The molecule has 1 aromatic heterocycles. The van der Waals surface area contributed by atoms with Crippen LogP contribution in [-0.2, 0) is 17.9 Å². The van der Waals surface area contributed by atoms with Gasteiger partial charge in [-0.05, 0) is 55.6 Å². The van der Waals surface area contributed by atoms with Crippen LogP contribution in [0.3, 0.4) is 0 Å². The van der Waals surface area contributed by atoms with Crippen LogP contribution in [0, 0.1) is 12.7 Å². The highest BCUT2D eigenvalue weighted by molar-refractivity contribution is 7.10. The Morgan fingerprint density at radius 2 is 2.04 bits per heavy atom. The summed E-state index contributed by atoms with van der Waals surface area (Å²) in [5.41, 5.74) is 2.08. The third-order valence-corrected chi connectivity index (χ3v) is 4.79. The Labute approximate surface area is 141 Å². The zero-order valence-electron chi connectivity index (χ0n) is 13.9. The highest BCUT2D eigenvalue weighted by atomic mass is 32.1. The zero-order chi connectivity index (χ0) is 16.8. The third kappa shape index (κ3) is 5.15. The molecule has 0 aliphatic rings. The van der Waals surface area contributed by atoms with Crippen molar-refractivity contribution in [2.24, 2.45) is 0 Å². The number of thiophene rings is 1. The van der Waals surface area contributed by atoms with E-state index in [1.807, 2.05) is 24.9 Å². The highest BCUT2D eigenvalue weighted by Crippen LogP contribution is 2.17. The Morgan fingerprint density at radius 3 is 2.65 bits per heavy atom. The number of rotatable bonds is 7. The number of aryl methyl sites for hydroxylation is 1. The first-order chi connectivity index (χ1) is 11.0. The van der Waals surface area contributed by atoms with E-state index in [4.69, 9.17) is 0 Å². The molecule has 1 amide bonds. The molecule has 124 valence electrons. The van der Waals surface area contributed by atoms with E-state index >= 15 is 0 Å². The number of hydrogen-bond acceptors (Lipinski definition) is 3. The summed E-state index contributed by atoms with van der Waals surface area (Å²) in [6, 6.07) is 8.51. The lowest BCUT2D eigenvalue weighted by Gasteiger charge is -2.24. The van der Waals surface area contributed by atoms with E-state index in [1.165, 1.54) is 22.6 Å². The molecule has 0 fully saturated rings. The van der Waals surface area contributed by atoms with Crippen LogP contribution in [0.5, 0.6) is 0 Å². The maximum absolute atomic E-state index is 13.3. The van der Waals surface area contributed by atoms with Crippen LogP contribution in [0.1, 0.15) is 22.9 Å². The summed E-state index contributed by atoms with van der Waals surface area (Å²) in [5, 5.41) is 2.07. The molecule has 0 saturated heterocycles. The summed E-state index contributed by atoms with van der Waals surface area (Å²) in [5.74, 6) is -0.204. The van der Waals surface area contributed by atoms with Gasteiger partial charge in [0.2, 0.25) is 5.91 Å². The number of benzene rings is 1. The fraction of sp³-hybridized carbons (Fsp3) is 0.389. The molecule has 2 rings (SSSR count). The van der Waals surface area contributed by atoms with Crippen molar-refractivity contribution in [3.05, 3.63) is 57.5 Å². The monoisotopic (exact) mass is 334 g/mol. The average Bonchev–Trinajstić information content (AvgIpc) is 2.89. The maximum Gasteiger partial charge on any atom is 0.237 e. The second-order valence-electron chi connectivity index (χ2n) is 5.74. The van der Waals surface area contributed by atoms with E-state index in [2.05, 4.69) is 18.4 Å². The van der Waals surface area contributed by atoms with Gasteiger partial charge in [0.05, 0.1) is 6.54 Å². The van der Waals surface area contributed by atoms with Crippen molar-refractivity contribution in [3.63, 3.8) is 0 Å². The van der Waals surface area contributed by atoms with Crippen LogP contribution in [-0.4, -0.2) is 35.8 Å². The van der Waals surface area contributed by atoms with Crippen molar-refractivity contribution in [2.75, 3.05) is 20.1 Å². The van der Waals surface area contributed by atoms with Crippen LogP contribution in [0.15, 0.2) is 35.7 Å². The zero-order valence-corrected chi connectivity index (χ0v) is 14.7. The molecule has 1 aromatic carbocycles. The van der Waals surface area contributed by atoms with Crippen LogP contribution < -0.4 is 0 Å². The Hall–Kier alpha value is -1.72. The van der Waals surface area contributed by atoms with Crippen LogP contribution in [0.25, 0.3) is 0 Å². The summed E-state index contributed by atoms with van der Waals surface area (Å²) in [6.07, 6.45) is 0. The smallest absolute Gasteiger partial charge is 0.237 e. The van der Waals surface area contributed by atoms with Crippen LogP contribution >= 0.6 is 11.3 Å². The van der Waals surface area contributed by atoms with Crippen molar-refractivity contribution in [1.29, 1.82) is 0 Å². The number of carbonyl (C=O) groups is 1. The topological polar surface area (TPSA) is 23.6 Å². The van der Waals surface area contributed by atoms with Gasteiger partial charge >= 0.3 is 0 Å². The number of nitrogens with zero attached hydrogens (tertiary/aromatic N) is 2. The van der Waals surface area contributed by atoms with E-state index < -0.39 is 0 Å². The number of likely N-dealkylation sites (N-methyl/N-ethyl adjacent to an activating group) is 2. The molecule has 0 radical (unpaired) electrons. The average molecular weight is 334 g/mol. The molecule has 0 spiro atoms. The minimum atomic E-state index is -0.267. The number of carbonyl (C=O) groups excluding carboxylic acids is 1. The summed E-state index contributed by atoms with van der Waals surface area (Å²) in [7, 11) is 1.95. The van der Waals surface area contributed by atoms with Crippen molar-refractivity contribution in [3.8, 4) is 0 Å². The van der Waals surface area contributed by atoms with Gasteiger partial charge in [-0.3, -0.25) is 9.69 Å². The summed E-state index contributed by atoms with van der Waals surface area (Å²) in [4.78, 5) is 17.5. The first-order valence-electron chi connectivity index (χ1n) is 7.73. The minimum Gasteiger partial charge on any atom is -0.338 e. The fourth-order valence-electron chi connectivity index (χ4n) is 2.43. The lowest BCUT2D eigenvalue weighted by atomic mass is 10.2. The van der Waals surface area contributed by atoms with E-state index in [-0.39, 0.29) is 11.7 Å². The number of hydrogen-bond donors (Lipinski definition) is 0. The summed E-state index contributed by atoms with van der Waals surface area (Å²) < 4.78 is 13.3. The standard InChI is InChI=1S/C18H23FN2OS/c1-4-21(11-15-6-5-7-16(19)10-15)18(22)13-20(3)12-17-14(2)8-9-23-17/h5-10H,4,11-13H2,1-3H3. The van der Waals surface area contributed by atoms with Gasteiger partial charge in [-0.15, -0.1) is 11.3 Å². The van der Waals surface area contributed by atoms with Gasteiger partial charge in [0.15, 0.2) is 0 Å². The quantitative estimate of drug-likeness (QED) is 0.771. The van der Waals surface area contributed by atoms with E-state index in [1.54, 1.807) is 22.3 Å². The fourth-order valence-corrected chi connectivity index (χ4v) is 3.42. The lowest BCUT2D eigenvalue weighted by Crippen LogP contribution is -2.38. The van der Waals surface area contributed by atoms with Gasteiger partial charge in [0.1, 0.15) is 5.82 Å². The molecule has 2 aromatic rings. The molecule has 0 saturated carbocycles. The molecule has 0 unspecified atom stereocenters.